The van der Waals surface area contributed by atoms with Gasteiger partial charge in [0.25, 0.3) is 5.56 Å². The van der Waals surface area contributed by atoms with E-state index in [1.807, 2.05) is 38.1 Å². The summed E-state index contributed by atoms with van der Waals surface area (Å²) in [6, 6.07) is 12.8. The van der Waals surface area contributed by atoms with Gasteiger partial charge in [0.15, 0.2) is 0 Å². The number of carbonyl (C=O) groups is 1. The minimum atomic E-state index is -0.251. The molecule has 0 radical (unpaired) electrons. The molecule has 1 saturated carbocycles. The molecule has 0 saturated heterocycles. The number of rotatable bonds is 6. The Labute approximate surface area is 185 Å². The summed E-state index contributed by atoms with van der Waals surface area (Å²) in [5.41, 5.74) is 2.09. The molecular weight excluding hydrogens is 414 g/mol. The van der Waals surface area contributed by atoms with Crippen LogP contribution in [0.25, 0.3) is 22.3 Å². The molecule has 0 aliphatic heterocycles. The highest BCUT2D eigenvalue weighted by molar-refractivity contribution is 6.30. The molecule has 1 aliphatic rings. The van der Waals surface area contributed by atoms with Gasteiger partial charge in [-0.3, -0.25) is 14.2 Å². The van der Waals surface area contributed by atoms with Crippen molar-refractivity contribution in [2.45, 2.75) is 45.2 Å². The van der Waals surface area contributed by atoms with Crippen LogP contribution >= 0.6 is 11.6 Å². The van der Waals surface area contributed by atoms with E-state index in [9.17, 15) is 14.7 Å². The largest absolute Gasteiger partial charge is 0.396 e. The van der Waals surface area contributed by atoms with Crippen molar-refractivity contribution in [3.05, 3.63) is 63.4 Å². The van der Waals surface area contributed by atoms with Gasteiger partial charge in [-0.05, 0) is 68.4 Å². The summed E-state index contributed by atoms with van der Waals surface area (Å²) < 4.78 is 1.42. The lowest BCUT2D eigenvalue weighted by Crippen LogP contribution is -2.37. The molecule has 3 aromatic rings. The number of hydrogen-bond acceptors (Lipinski definition) is 4. The third kappa shape index (κ3) is 4.50. The predicted molar refractivity (Wildman–Crippen MR) is 122 cm³/mol. The van der Waals surface area contributed by atoms with Crippen molar-refractivity contribution in [2.24, 2.45) is 5.92 Å². The zero-order valence-electron chi connectivity index (χ0n) is 17.6. The van der Waals surface area contributed by atoms with Crippen molar-refractivity contribution >= 4 is 28.4 Å². The quantitative estimate of drug-likeness (QED) is 0.613. The summed E-state index contributed by atoms with van der Waals surface area (Å²) in [4.78, 5) is 30.8. The summed E-state index contributed by atoms with van der Waals surface area (Å²) in [6.07, 6.45) is 1.84. The first-order valence-corrected chi connectivity index (χ1v) is 10.9. The molecule has 7 heteroatoms. The molecular formula is C24H26ClN3O3. The van der Waals surface area contributed by atoms with Crippen LogP contribution in [0, 0.1) is 5.92 Å². The van der Waals surface area contributed by atoms with Crippen LogP contribution in [0.5, 0.6) is 0 Å². The average Bonchev–Trinajstić information content (AvgIpc) is 2.69. The molecule has 162 valence electrons. The number of nitrogens with one attached hydrogen (secondary N) is 1. The van der Waals surface area contributed by atoms with E-state index in [1.54, 1.807) is 18.2 Å². The number of fused-ring (bicyclic) bond motifs is 1. The molecule has 1 amide bonds. The highest BCUT2D eigenvalue weighted by Crippen LogP contribution is 2.41. The third-order valence-corrected chi connectivity index (χ3v) is 6.01. The number of aliphatic hydroxyl groups excluding tert-OH is 1. The van der Waals surface area contributed by atoms with Gasteiger partial charge in [-0.15, -0.1) is 0 Å². The maximum absolute atomic E-state index is 13.5. The van der Waals surface area contributed by atoms with Gasteiger partial charge < -0.3 is 10.4 Å². The van der Waals surface area contributed by atoms with Crippen LogP contribution < -0.4 is 10.9 Å². The first-order chi connectivity index (χ1) is 14.9. The molecule has 31 heavy (non-hydrogen) atoms. The van der Waals surface area contributed by atoms with Crippen LogP contribution in [0.3, 0.4) is 0 Å². The fourth-order valence-electron chi connectivity index (χ4n) is 4.16. The van der Waals surface area contributed by atoms with E-state index in [1.165, 1.54) is 4.57 Å². The second kappa shape index (κ2) is 8.81. The number of aromatic nitrogens is 2. The zero-order chi connectivity index (χ0) is 22.1. The number of aliphatic hydroxyl groups is 1. The Hall–Kier alpha value is -2.70. The van der Waals surface area contributed by atoms with Gasteiger partial charge in [0.1, 0.15) is 12.4 Å². The van der Waals surface area contributed by atoms with E-state index >= 15 is 0 Å². The molecule has 1 fully saturated rings. The molecule has 2 N–H and O–H groups in total. The first-order valence-electron chi connectivity index (χ1n) is 10.6. The van der Waals surface area contributed by atoms with Crippen molar-refractivity contribution in [1.82, 2.24) is 14.9 Å². The van der Waals surface area contributed by atoms with Crippen LogP contribution in [0.4, 0.5) is 0 Å². The van der Waals surface area contributed by atoms with Crippen molar-refractivity contribution in [3.63, 3.8) is 0 Å². The van der Waals surface area contributed by atoms with Crippen molar-refractivity contribution in [2.75, 3.05) is 6.61 Å². The van der Waals surface area contributed by atoms with Gasteiger partial charge in [-0.1, -0.05) is 29.8 Å². The monoisotopic (exact) mass is 439 g/mol. The van der Waals surface area contributed by atoms with Gasteiger partial charge in [0.2, 0.25) is 5.91 Å². The van der Waals surface area contributed by atoms with Crippen LogP contribution in [0.15, 0.2) is 47.3 Å². The van der Waals surface area contributed by atoms with Gasteiger partial charge >= 0.3 is 0 Å². The smallest absolute Gasteiger partial charge is 0.262 e. The molecule has 0 unspecified atom stereocenters. The van der Waals surface area contributed by atoms with Gasteiger partial charge in [-0.2, -0.15) is 0 Å². The van der Waals surface area contributed by atoms with E-state index in [0.29, 0.717) is 39.1 Å². The molecule has 1 heterocycles. The molecule has 1 aliphatic carbocycles. The number of hydrogen-bond donors (Lipinski definition) is 2. The Balaban J connectivity index is 1.82. The second-order valence-corrected chi connectivity index (χ2v) is 8.99. The maximum Gasteiger partial charge on any atom is 0.262 e. The summed E-state index contributed by atoms with van der Waals surface area (Å²) in [5.74, 6) is 0.838. The Bertz CT molecular complexity index is 1180. The molecule has 2 aromatic carbocycles. The topological polar surface area (TPSA) is 84.2 Å². The third-order valence-electron chi connectivity index (χ3n) is 5.78. The molecule has 4 rings (SSSR count). The minimum absolute atomic E-state index is 0.0315. The van der Waals surface area contributed by atoms with Crippen LogP contribution in [-0.2, 0) is 11.3 Å². The van der Waals surface area contributed by atoms with Crippen LogP contribution in [0.1, 0.15) is 38.2 Å². The SMILES string of the molecule is CC(C)NC(=O)Cn1c(-c2cccc(Cl)c2)nc2ccc([C@H]3C[C@@H](CO)C3)cc2c1=O. The van der Waals surface area contributed by atoms with Crippen LogP contribution in [-0.4, -0.2) is 33.2 Å². The van der Waals surface area contributed by atoms with Crippen LogP contribution in [0.2, 0.25) is 5.02 Å². The van der Waals surface area contributed by atoms with E-state index in [4.69, 9.17) is 16.6 Å². The number of benzene rings is 2. The van der Waals surface area contributed by atoms with E-state index in [0.717, 1.165) is 18.4 Å². The first kappa shape index (κ1) is 21.5. The number of halogens is 1. The van der Waals surface area contributed by atoms with Gasteiger partial charge in [0.05, 0.1) is 10.9 Å². The molecule has 0 spiro atoms. The van der Waals surface area contributed by atoms with Crippen molar-refractivity contribution in [1.29, 1.82) is 0 Å². The number of carbonyl (C=O) groups excluding carboxylic acids is 1. The fraction of sp³-hybridized carbons (Fsp3) is 0.375. The normalized spacial score (nSPS) is 18.2. The number of amides is 1. The lowest BCUT2D eigenvalue weighted by molar-refractivity contribution is -0.122. The Kier molecular flexibility index (Phi) is 6.12. The predicted octanol–water partition coefficient (Wildman–Crippen LogP) is 3.73. The minimum Gasteiger partial charge on any atom is -0.396 e. The van der Waals surface area contributed by atoms with E-state index in [-0.39, 0.29) is 30.7 Å². The lowest BCUT2D eigenvalue weighted by Gasteiger charge is -2.34. The Morgan fingerprint density at radius 3 is 2.71 bits per heavy atom. The summed E-state index contributed by atoms with van der Waals surface area (Å²) >= 11 is 6.17. The van der Waals surface area contributed by atoms with Gasteiger partial charge in [0, 0.05) is 23.2 Å². The highest BCUT2D eigenvalue weighted by atomic mass is 35.5. The molecule has 0 bridgehead atoms. The summed E-state index contributed by atoms with van der Waals surface area (Å²) in [6.45, 7) is 3.83. The van der Waals surface area contributed by atoms with Crippen molar-refractivity contribution < 1.29 is 9.90 Å². The van der Waals surface area contributed by atoms with Gasteiger partial charge in [-0.25, -0.2) is 4.98 Å². The van der Waals surface area contributed by atoms with E-state index in [2.05, 4.69) is 5.32 Å². The standard InChI is InChI=1S/C24H26ClN3O3/c1-14(2)26-22(30)12-28-23(17-4-3-5-19(25)10-17)27-21-7-6-16(11-20(21)24(28)31)18-8-15(9-18)13-29/h3-7,10-11,14-15,18,29H,8-9,12-13H2,1-2H3,(H,26,30)/t15-,18+. The Morgan fingerprint density at radius 1 is 1.26 bits per heavy atom. The molecule has 6 nitrogen and oxygen atoms in total. The van der Waals surface area contributed by atoms with Crippen molar-refractivity contribution in [3.8, 4) is 11.4 Å². The Morgan fingerprint density at radius 2 is 2.03 bits per heavy atom. The highest BCUT2D eigenvalue weighted by Gasteiger charge is 2.30. The molecule has 1 aromatic heterocycles. The molecule has 0 atom stereocenters. The van der Waals surface area contributed by atoms with E-state index < -0.39 is 0 Å². The summed E-state index contributed by atoms with van der Waals surface area (Å²) in [5, 5.41) is 13.2. The maximum atomic E-state index is 13.5. The second-order valence-electron chi connectivity index (χ2n) is 8.55. The number of nitrogens with zero attached hydrogens (tertiary/aromatic N) is 2. The summed E-state index contributed by atoms with van der Waals surface area (Å²) in [7, 11) is 0. The average molecular weight is 440 g/mol. The zero-order valence-corrected chi connectivity index (χ0v) is 18.4. The lowest BCUT2D eigenvalue weighted by atomic mass is 9.72. The fourth-order valence-corrected chi connectivity index (χ4v) is 4.35.